The van der Waals surface area contributed by atoms with E-state index in [0.29, 0.717) is 28.7 Å². The molecule has 1 aliphatic heterocycles. The van der Waals surface area contributed by atoms with Gasteiger partial charge in [0.15, 0.2) is 0 Å². The van der Waals surface area contributed by atoms with E-state index in [4.69, 9.17) is 9.47 Å². The van der Waals surface area contributed by atoms with Gasteiger partial charge in [-0.1, -0.05) is 46.8 Å². The quantitative estimate of drug-likeness (QED) is 0.225. The van der Waals surface area contributed by atoms with Crippen LogP contribution in [0.1, 0.15) is 90.9 Å². The number of ether oxygens (including phenoxy) is 2. The van der Waals surface area contributed by atoms with Crippen molar-refractivity contribution in [1.29, 1.82) is 0 Å². The van der Waals surface area contributed by atoms with Crippen LogP contribution in [0.4, 0.5) is 10.5 Å². The summed E-state index contributed by atoms with van der Waals surface area (Å²) >= 11 is 0.985. The molecule has 0 spiro atoms. The van der Waals surface area contributed by atoms with Crippen LogP contribution in [0.2, 0.25) is 0 Å². The van der Waals surface area contributed by atoms with Crippen LogP contribution in [0.25, 0.3) is 0 Å². The Kier molecular flexibility index (Phi) is 11.4. The molecule has 0 saturated carbocycles. The van der Waals surface area contributed by atoms with Crippen molar-refractivity contribution in [3.63, 3.8) is 0 Å². The number of nitrogens with one attached hydrogen (secondary N) is 4. The number of carbonyl (C=O) groups excluding carboxylic acids is 5. The number of benzene rings is 1. The number of amides is 4. The number of methoxy groups -OCH3 is 1. The van der Waals surface area contributed by atoms with Crippen LogP contribution in [-0.2, 0) is 32.0 Å². The first-order valence-corrected chi connectivity index (χ1v) is 15.9. The summed E-state index contributed by atoms with van der Waals surface area (Å²) < 4.78 is 10.6. The number of aryl methyl sites for hydroxylation is 1. The van der Waals surface area contributed by atoms with E-state index >= 15 is 0 Å². The van der Waals surface area contributed by atoms with Crippen molar-refractivity contribution in [3.05, 3.63) is 50.7 Å². The van der Waals surface area contributed by atoms with Crippen molar-refractivity contribution in [2.45, 2.75) is 86.4 Å². The molecule has 246 valence electrons. The summed E-state index contributed by atoms with van der Waals surface area (Å²) in [5, 5.41) is 10.8. The van der Waals surface area contributed by atoms with Crippen molar-refractivity contribution >= 4 is 46.8 Å². The second-order valence-corrected chi connectivity index (χ2v) is 14.1. The first-order valence-electron chi connectivity index (χ1n) is 15.1. The highest BCUT2D eigenvalue weighted by molar-refractivity contribution is 7.16. The summed E-state index contributed by atoms with van der Waals surface area (Å²) in [7, 11) is 1.19. The van der Waals surface area contributed by atoms with Gasteiger partial charge in [-0.15, -0.1) is 11.3 Å². The van der Waals surface area contributed by atoms with Gasteiger partial charge in [-0.05, 0) is 73.3 Å². The Bertz CT molecular complexity index is 1440. The highest BCUT2D eigenvalue weighted by Crippen LogP contribution is 2.43. The molecule has 0 aliphatic carbocycles. The number of hydrogen-bond donors (Lipinski definition) is 4. The Morgan fingerprint density at radius 1 is 1.02 bits per heavy atom. The van der Waals surface area contributed by atoms with Crippen molar-refractivity contribution in [2.24, 2.45) is 17.3 Å². The van der Waals surface area contributed by atoms with Gasteiger partial charge in [0.2, 0.25) is 5.91 Å². The van der Waals surface area contributed by atoms with Crippen LogP contribution in [0.5, 0.6) is 0 Å². The summed E-state index contributed by atoms with van der Waals surface area (Å²) in [5.41, 5.74) is 2.12. The van der Waals surface area contributed by atoms with Gasteiger partial charge in [-0.2, -0.15) is 0 Å². The van der Waals surface area contributed by atoms with E-state index in [1.165, 1.54) is 7.11 Å². The van der Waals surface area contributed by atoms with E-state index in [2.05, 4.69) is 55.9 Å². The van der Waals surface area contributed by atoms with E-state index in [9.17, 15) is 24.0 Å². The molecular weight excluding hydrogens is 596 g/mol. The largest absolute Gasteiger partial charge is 0.467 e. The SMILES string of the molecule is COC(=O)C(CNC(=O)OC(C)(C)CC(C)(C(C)C)C(C)C)NC(=O)c1sc(C(=O)NCc2cccc3c2CC(=O)N3)cc1C. The Labute approximate surface area is 269 Å². The minimum atomic E-state index is -1.19. The topological polar surface area (TPSA) is 152 Å². The van der Waals surface area contributed by atoms with Crippen LogP contribution < -0.4 is 21.3 Å². The first-order chi connectivity index (χ1) is 21.0. The molecule has 0 bridgehead atoms. The lowest BCUT2D eigenvalue weighted by molar-refractivity contribution is -0.142. The van der Waals surface area contributed by atoms with Gasteiger partial charge in [0, 0.05) is 12.2 Å². The average Bonchev–Trinajstić information content (AvgIpc) is 3.54. The fraction of sp³-hybridized carbons (Fsp3) is 0.545. The molecule has 45 heavy (non-hydrogen) atoms. The molecule has 0 fully saturated rings. The van der Waals surface area contributed by atoms with Gasteiger partial charge in [-0.3, -0.25) is 14.4 Å². The highest BCUT2D eigenvalue weighted by Gasteiger charge is 2.39. The molecule has 4 N–H and O–H groups in total. The van der Waals surface area contributed by atoms with Crippen LogP contribution >= 0.6 is 11.3 Å². The van der Waals surface area contributed by atoms with Gasteiger partial charge in [0.25, 0.3) is 11.8 Å². The smallest absolute Gasteiger partial charge is 0.407 e. The first kappa shape index (κ1) is 35.5. The standard InChI is InChI=1S/C33H46N4O7S/c1-18(2)33(8,19(3)4)17-32(6,7)44-31(42)35-16-24(30(41)43-9)37-29(40)27-20(5)13-25(45-27)28(39)34-15-21-11-10-12-23-22(21)14-26(38)36-23/h10-13,18-19,24H,14-17H2,1-9H3,(H,34,39)(H,35,42)(H,36,38)(H,37,40). The van der Waals surface area contributed by atoms with E-state index in [0.717, 1.165) is 28.2 Å². The maximum atomic E-state index is 13.2. The van der Waals surface area contributed by atoms with E-state index in [1.807, 2.05) is 32.0 Å². The normalized spacial score (nSPS) is 13.6. The predicted octanol–water partition coefficient (Wildman–Crippen LogP) is 4.97. The maximum Gasteiger partial charge on any atom is 0.407 e. The summed E-state index contributed by atoms with van der Waals surface area (Å²) in [4.78, 5) is 63.8. The average molecular weight is 643 g/mol. The summed E-state index contributed by atoms with van der Waals surface area (Å²) in [6.07, 6.45) is 0.178. The highest BCUT2D eigenvalue weighted by atomic mass is 32.1. The van der Waals surface area contributed by atoms with Crippen LogP contribution in [0, 0.1) is 24.2 Å². The van der Waals surface area contributed by atoms with Crippen molar-refractivity contribution in [3.8, 4) is 0 Å². The third-order valence-electron chi connectivity index (χ3n) is 8.73. The molecule has 1 unspecified atom stereocenters. The van der Waals surface area contributed by atoms with E-state index in [-0.39, 0.29) is 41.6 Å². The number of esters is 1. The summed E-state index contributed by atoms with van der Waals surface area (Å²) in [6, 6.07) is 5.89. The molecule has 11 nitrogen and oxygen atoms in total. The molecule has 0 radical (unpaired) electrons. The Hall–Kier alpha value is -3.93. The lowest BCUT2D eigenvalue weighted by Gasteiger charge is -2.43. The molecule has 0 saturated heterocycles. The van der Waals surface area contributed by atoms with Crippen LogP contribution in [0.3, 0.4) is 0 Å². The molecule has 2 aromatic rings. The van der Waals surface area contributed by atoms with E-state index in [1.54, 1.807) is 13.0 Å². The zero-order chi connectivity index (χ0) is 33.7. The Balaban J connectivity index is 1.61. The molecule has 1 aliphatic rings. The third-order valence-corrected chi connectivity index (χ3v) is 9.96. The molecule has 12 heteroatoms. The number of carbonyl (C=O) groups is 5. The number of fused-ring (bicyclic) bond motifs is 1. The number of alkyl carbamates (subject to hydrolysis) is 1. The molecule has 2 heterocycles. The minimum Gasteiger partial charge on any atom is -0.467 e. The van der Waals surface area contributed by atoms with Crippen molar-refractivity contribution < 1.29 is 33.4 Å². The number of anilines is 1. The lowest BCUT2D eigenvalue weighted by Crippen LogP contribution is -2.50. The Morgan fingerprint density at radius 3 is 2.31 bits per heavy atom. The zero-order valence-corrected chi connectivity index (χ0v) is 28.5. The number of rotatable bonds is 13. The fourth-order valence-corrected chi connectivity index (χ4v) is 6.62. The zero-order valence-electron chi connectivity index (χ0n) is 27.6. The molecule has 1 atom stereocenters. The molecule has 1 aromatic heterocycles. The maximum absolute atomic E-state index is 13.2. The van der Waals surface area contributed by atoms with Gasteiger partial charge in [-0.25, -0.2) is 9.59 Å². The monoisotopic (exact) mass is 642 g/mol. The summed E-state index contributed by atoms with van der Waals surface area (Å²) in [6.45, 7) is 16.2. The molecular formula is C33H46N4O7S. The molecule has 1 aromatic carbocycles. The Morgan fingerprint density at radius 2 is 1.69 bits per heavy atom. The van der Waals surface area contributed by atoms with Crippen molar-refractivity contribution in [1.82, 2.24) is 16.0 Å². The second kappa shape index (κ2) is 14.4. The molecule has 4 amide bonds. The van der Waals surface area contributed by atoms with Crippen LogP contribution in [-0.4, -0.2) is 55.1 Å². The second-order valence-electron chi connectivity index (χ2n) is 13.0. The van der Waals surface area contributed by atoms with Gasteiger partial charge in [0.1, 0.15) is 11.6 Å². The van der Waals surface area contributed by atoms with Crippen LogP contribution in [0.15, 0.2) is 24.3 Å². The van der Waals surface area contributed by atoms with Gasteiger partial charge in [0.05, 0.1) is 29.8 Å². The molecule has 3 rings (SSSR count). The predicted molar refractivity (Wildman–Crippen MR) is 173 cm³/mol. The van der Waals surface area contributed by atoms with E-state index < -0.39 is 29.6 Å². The third kappa shape index (κ3) is 8.84. The lowest BCUT2D eigenvalue weighted by atomic mass is 9.65. The van der Waals surface area contributed by atoms with Gasteiger partial charge < -0.3 is 30.7 Å². The minimum absolute atomic E-state index is 0.0693. The van der Waals surface area contributed by atoms with Gasteiger partial charge >= 0.3 is 12.1 Å². The number of thiophene rings is 1. The number of hydrogen-bond acceptors (Lipinski definition) is 8. The fourth-order valence-electron chi connectivity index (χ4n) is 5.62. The van der Waals surface area contributed by atoms with Crippen molar-refractivity contribution in [2.75, 3.05) is 19.0 Å². The summed E-state index contributed by atoms with van der Waals surface area (Å²) in [5.74, 6) is -1.07.